The Kier molecular flexibility index (Phi) is 5.29. The number of nitrogens with one attached hydrogen (secondary N) is 1. The van der Waals surface area contributed by atoms with E-state index in [1.807, 2.05) is 0 Å². The van der Waals surface area contributed by atoms with Crippen molar-refractivity contribution in [2.45, 2.75) is 17.9 Å². The third kappa shape index (κ3) is 4.43. The molecule has 1 aromatic carbocycles. The lowest BCUT2D eigenvalue weighted by Crippen LogP contribution is -2.27. The number of halogens is 2. The Hall–Kier alpha value is -1.63. The van der Waals surface area contributed by atoms with Gasteiger partial charge >= 0.3 is 0 Å². The fourth-order valence-electron chi connectivity index (χ4n) is 1.93. The first kappa shape index (κ1) is 17.7. The molecular weight excluding hydrogens is 359 g/mol. The molecule has 1 aromatic heterocycles. The Bertz CT molecular complexity index is 836. The highest BCUT2D eigenvalue weighted by molar-refractivity contribution is 7.90. The number of amides is 1. The van der Waals surface area contributed by atoms with Gasteiger partial charge in [-0.25, -0.2) is 13.4 Å². The van der Waals surface area contributed by atoms with E-state index in [2.05, 4.69) is 10.3 Å². The number of carbonyl (C=O) groups excluding carboxylic acids is 1. The summed E-state index contributed by atoms with van der Waals surface area (Å²) >= 11 is 11.7. The Balaban J connectivity index is 2.17. The maximum Gasteiger partial charge on any atom is 0.271 e. The molecule has 2 rings (SSSR count). The van der Waals surface area contributed by atoms with Crippen LogP contribution >= 0.6 is 23.2 Å². The Labute approximate surface area is 144 Å². The Morgan fingerprint density at radius 3 is 2.30 bits per heavy atom. The van der Waals surface area contributed by atoms with Crippen molar-refractivity contribution >= 4 is 38.9 Å². The summed E-state index contributed by atoms with van der Waals surface area (Å²) in [6.07, 6.45) is 1.14. The molecule has 1 amide bonds. The summed E-state index contributed by atoms with van der Waals surface area (Å²) in [6.45, 7) is 1.77. The van der Waals surface area contributed by atoms with Gasteiger partial charge in [0.2, 0.25) is 0 Å². The van der Waals surface area contributed by atoms with Gasteiger partial charge < -0.3 is 5.32 Å². The minimum Gasteiger partial charge on any atom is -0.344 e. The minimum atomic E-state index is -3.25. The monoisotopic (exact) mass is 372 g/mol. The maximum atomic E-state index is 12.2. The number of pyridine rings is 1. The van der Waals surface area contributed by atoms with Crippen molar-refractivity contribution < 1.29 is 13.2 Å². The quantitative estimate of drug-likeness (QED) is 0.835. The number of rotatable bonds is 4. The molecule has 2 aromatic rings. The molecule has 1 heterocycles. The van der Waals surface area contributed by atoms with Gasteiger partial charge in [0.15, 0.2) is 9.84 Å². The van der Waals surface area contributed by atoms with Gasteiger partial charge in [0.25, 0.3) is 5.91 Å². The SMILES string of the molecule is CC(NC(=O)c1nc(Cl)ccc1Cl)c1ccc(S(C)(=O)=O)cc1. The van der Waals surface area contributed by atoms with Crippen molar-refractivity contribution in [3.63, 3.8) is 0 Å². The van der Waals surface area contributed by atoms with E-state index in [0.29, 0.717) is 0 Å². The zero-order valence-electron chi connectivity index (χ0n) is 12.4. The van der Waals surface area contributed by atoms with Gasteiger partial charge in [0.05, 0.1) is 16.0 Å². The first-order valence-corrected chi connectivity index (χ1v) is 9.26. The Morgan fingerprint density at radius 2 is 1.74 bits per heavy atom. The van der Waals surface area contributed by atoms with E-state index in [4.69, 9.17) is 23.2 Å². The van der Waals surface area contributed by atoms with Crippen LogP contribution in [0.4, 0.5) is 0 Å². The second-order valence-corrected chi connectivity index (χ2v) is 7.81. The molecule has 0 spiro atoms. The largest absolute Gasteiger partial charge is 0.344 e. The number of benzene rings is 1. The highest BCUT2D eigenvalue weighted by Crippen LogP contribution is 2.20. The van der Waals surface area contributed by atoms with Crippen LogP contribution in [0.5, 0.6) is 0 Å². The van der Waals surface area contributed by atoms with Crippen molar-refractivity contribution in [1.29, 1.82) is 0 Å². The van der Waals surface area contributed by atoms with Crippen LogP contribution in [0, 0.1) is 0 Å². The molecule has 0 aliphatic heterocycles. The molecule has 1 unspecified atom stereocenters. The summed E-state index contributed by atoms with van der Waals surface area (Å²) in [7, 11) is -3.25. The van der Waals surface area contributed by atoms with Gasteiger partial charge in [-0.3, -0.25) is 4.79 Å². The van der Waals surface area contributed by atoms with Crippen molar-refractivity contribution in [3.8, 4) is 0 Å². The van der Waals surface area contributed by atoms with Crippen molar-refractivity contribution in [3.05, 3.63) is 57.8 Å². The van der Waals surface area contributed by atoms with Crippen molar-refractivity contribution in [2.75, 3.05) is 6.26 Å². The summed E-state index contributed by atoms with van der Waals surface area (Å²) < 4.78 is 22.9. The number of hydrogen-bond donors (Lipinski definition) is 1. The Morgan fingerprint density at radius 1 is 1.13 bits per heavy atom. The van der Waals surface area contributed by atoms with E-state index >= 15 is 0 Å². The van der Waals surface area contributed by atoms with Crippen molar-refractivity contribution in [1.82, 2.24) is 10.3 Å². The molecule has 23 heavy (non-hydrogen) atoms. The summed E-state index contributed by atoms with van der Waals surface area (Å²) in [4.78, 5) is 16.3. The van der Waals surface area contributed by atoms with E-state index in [1.54, 1.807) is 19.1 Å². The number of hydrogen-bond acceptors (Lipinski definition) is 4. The topological polar surface area (TPSA) is 76.1 Å². The summed E-state index contributed by atoms with van der Waals surface area (Å²) in [5, 5.41) is 3.12. The summed E-state index contributed by atoms with van der Waals surface area (Å²) in [5.74, 6) is -0.461. The van der Waals surface area contributed by atoms with Crippen LogP contribution in [0.25, 0.3) is 0 Å². The van der Waals surface area contributed by atoms with Crippen LogP contribution < -0.4 is 5.32 Å². The van der Waals surface area contributed by atoms with Crippen LogP contribution in [0.2, 0.25) is 10.2 Å². The molecule has 0 aliphatic rings. The fourth-order valence-corrected chi connectivity index (χ4v) is 2.90. The highest BCUT2D eigenvalue weighted by Gasteiger charge is 2.17. The lowest BCUT2D eigenvalue weighted by Gasteiger charge is -2.15. The van der Waals surface area contributed by atoms with E-state index in [0.717, 1.165) is 11.8 Å². The number of sulfone groups is 1. The molecule has 8 heteroatoms. The molecule has 1 N–H and O–H groups in total. The second-order valence-electron chi connectivity index (χ2n) is 5.00. The molecule has 0 aliphatic carbocycles. The first-order chi connectivity index (χ1) is 10.7. The molecule has 0 bridgehead atoms. The molecule has 5 nitrogen and oxygen atoms in total. The minimum absolute atomic E-state index is 0.0405. The van der Waals surface area contributed by atoms with Crippen LogP contribution in [0.3, 0.4) is 0 Å². The zero-order valence-corrected chi connectivity index (χ0v) is 14.7. The van der Waals surface area contributed by atoms with Gasteiger partial charge in [-0.1, -0.05) is 35.3 Å². The van der Waals surface area contributed by atoms with E-state index in [9.17, 15) is 13.2 Å². The van der Waals surface area contributed by atoms with Crippen LogP contribution in [0.1, 0.15) is 29.0 Å². The van der Waals surface area contributed by atoms with Gasteiger partial charge in [0, 0.05) is 6.26 Å². The third-order valence-electron chi connectivity index (χ3n) is 3.18. The van der Waals surface area contributed by atoms with Gasteiger partial charge in [-0.05, 0) is 36.8 Å². The summed E-state index contributed by atoms with van der Waals surface area (Å²) in [6, 6.07) is 8.93. The van der Waals surface area contributed by atoms with Gasteiger partial charge in [0.1, 0.15) is 10.8 Å². The fraction of sp³-hybridized carbons (Fsp3) is 0.200. The average molecular weight is 373 g/mol. The molecule has 0 fully saturated rings. The van der Waals surface area contributed by atoms with Gasteiger partial charge in [-0.15, -0.1) is 0 Å². The van der Waals surface area contributed by atoms with Crippen LogP contribution in [-0.2, 0) is 9.84 Å². The average Bonchev–Trinajstić information content (AvgIpc) is 2.48. The van der Waals surface area contributed by atoms with Crippen LogP contribution in [0.15, 0.2) is 41.3 Å². The second kappa shape index (κ2) is 6.86. The number of aromatic nitrogens is 1. The lowest BCUT2D eigenvalue weighted by molar-refractivity contribution is 0.0935. The van der Waals surface area contributed by atoms with E-state index in [-0.39, 0.29) is 26.8 Å². The molecule has 0 saturated heterocycles. The smallest absolute Gasteiger partial charge is 0.271 e. The molecule has 0 radical (unpaired) electrons. The molecular formula is C15H14Cl2N2O3S. The van der Waals surface area contributed by atoms with Crippen LogP contribution in [-0.4, -0.2) is 25.6 Å². The first-order valence-electron chi connectivity index (χ1n) is 6.61. The molecule has 122 valence electrons. The maximum absolute atomic E-state index is 12.2. The normalized spacial score (nSPS) is 12.7. The zero-order chi connectivity index (χ0) is 17.2. The molecule has 0 saturated carbocycles. The lowest BCUT2D eigenvalue weighted by atomic mass is 10.1. The van der Waals surface area contributed by atoms with Gasteiger partial charge in [-0.2, -0.15) is 0 Å². The van der Waals surface area contributed by atoms with Crippen molar-refractivity contribution in [2.24, 2.45) is 0 Å². The summed E-state index contributed by atoms with van der Waals surface area (Å²) in [5.41, 5.74) is 0.794. The standard InChI is InChI=1S/C15H14Cl2N2O3S/c1-9(10-3-5-11(6-4-10)23(2,21)22)18-15(20)14-12(16)7-8-13(17)19-14/h3-9H,1-2H3,(H,18,20). The third-order valence-corrected chi connectivity index (χ3v) is 4.83. The van der Waals surface area contributed by atoms with E-state index < -0.39 is 15.7 Å². The predicted octanol–water partition coefficient (Wildman–Crippen LogP) is 3.28. The number of carbonyl (C=O) groups is 1. The molecule has 1 atom stereocenters. The predicted molar refractivity (Wildman–Crippen MR) is 89.7 cm³/mol. The highest BCUT2D eigenvalue weighted by atomic mass is 35.5. The number of nitrogens with zero attached hydrogens (tertiary/aromatic N) is 1. The van der Waals surface area contributed by atoms with E-state index in [1.165, 1.54) is 24.3 Å².